The number of ether oxygens (including phenoxy) is 4. The third-order valence-electron chi connectivity index (χ3n) is 3.05. The molecule has 2 fully saturated rings. The van der Waals surface area contributed by atoms with Crippen LogP contribution < -0.4 is 0 Å². The van der Waals surface area contributed by atoms with Crippen LogP contribution in [-0.2, 0) is 18.9 Å². The molecule has 2 heterocycles. The molecule has 0 N–H and O–H groups in total. The molecule has 0 saturated carbocycles. The van der Waals surface area contributed by atoms with E-state index in [4.69, 9.17) is 24.2 Å². The Hall–Kier alpha value is -1.84. The molecule has 0 aliphatic carbocycles. The number of nitrogens with zero attached hydrogens (tertiary/aromatic N) is 1. The number of rotatable bonds is 3. The summed E-state index contributed by atoms with van der Waals surface area (Å²) in [7, 11) is 0. The van der Waals surface area contributed by atoms with Gasteiger partial charge in [-0.2, -0.15) is 5.26 Å². The van der Waals surface area contributed by atoms with E-state index in [0.29, 0.717) is 0 Å². The highest BCUT2D eigenvalue weighted by Gasteiger charge is 2.50. The summed E-state index contributed by atoms with van der Waals surface area (Å²) in [6.07, 6.45) is 3.71. The van der Waals surface area contributed by atoms with Crippen LogP contribution in [0.4, 0.5) is 4.79 Å². The molecule has 20 heavy (non-hydrogen) atoms. The van der Waals surface area contributed by atoms with Gasteiger partial charge in [0, 0.05) is 6.08 Å². The molecule has 2 aliphatic heterocycles. The largest absolute Gasteiger partial charge is 0.509 e. The molecular formula is C14H17NO5. The Morgan fingerprint density at radius 3 is 2.55 bits per heavy atom. The first kappa shape index (κ1) is 14.6. The molecule has 2 rings (SSSR count). The van der Waals surface area contributed by atoms with E-state index in [1.165, 1.54) is 6.08 Å². The van der Waals surface area contributed by atoms with Crippen molar-refractivity contribution in [2.45, 2.75) is 51.0 Å². The van der Waals surface area contributed by atoms with Crippen LogP contribution >= 0.6 is 0 Å². The van der Waals surface area contributed by atoms with Crippen molar-refractivity contribution in [1.29, 1.82) is 5.26 Å². The molecule has 2 saturated heterocycles. The fourth-order valence-corrected chi connectivity index (χ4v) is 2.36. The molecule has 0 aromatic rings. The normalized spacial score (nSPS) is 36.2. The zero-order valence-electron chi connectivity index (χ0n) is 11.6. The Morgan fingerprint density at radius 2 is 1.95 bits per heavy atom. The van der Waals surface area contributed by atoms with E-state index < -0.39 is 30.3 Å². The SMILES string of the molecule is C[C@H]1OC(C)(C)O[C@H]1[C@H]1OC(=O)O[C@H]1/C=C/C=C/C#N. The second-order valence-corrected chi connectivity index (χ2v) is 5.09. The number of hydrogen-bond donors (Lipinski definition) is 0. The zero-order chi connectivity index (χ0) is 14.8. The van der Waals surface area contributed by atoms with Gasteiger partial charge >= 0.3 is 6.16 Å². The number of carbonyl (C=O) groups excluding carboxylic acids is 1. The van der Waals surface area contributed by atoms with Crippen molar-refractivity contribution in [3.8, 4) is 6.07 Å². The van der Waals surface area contributed by atoms with E-state index in [0.717, 1.165) is 0 Å². The van der Waals surface area contributed by atoms with E-state index >= 15 is 0 Å². The molecule has 0 radical (unpaired) electrons. The summed E-state index contributed by atoms with van der Waals surface area (Å²) in [5.41, 5.74) is 0. The highest BCUT2D eigenvalue weighted by Crippen LogP contribution is 2.34. The monoisotopic (exact) mass is 279 g/mol. The first-order valence-corrected chi connectivity index (χ1v) is 6.39. The molecule has 0 unspecified atom stereocenters. The van der Waals surface area contributed by atoms with E-state index in [1.54, 1.807) is 18.2 Å². The minimum Gasteiger partial charge on any atom is -0.424 e. The van der Waals surface area contributed by atoms with Crippen molar-refractivity contribution >= 4 is 6.16 Å². The van der Waals surface area contributed by atoms with Gasteiger partial charge in [0.1, 0.15) is 6.10 Å². The summed E-state index contributed by atoms with van der Waals surface area (Å²) >= 11 is 0. The summed E-state index contributed by atoms with van der Waals surface area (Å²) < 4.78 is 21.7. The van der Waals surface area contributed by atoms with Crippen LogP contribution in [0, 0.1) is 11.3 Å². The third-order valence-corrected chi connectivity index (χ3v) is 3.05. The Balaban J connectivity index is 2.09. The number of cyclic esters (lactones) is 2. The Kier molecular flexibility index (Phi) is 4.12. The van der Waals surface area contributed by atoms with Gasteiger partial charge in [-0.1, -0.05) is 12.2 Å². The van der Waals surface area contributed by atoms with Crippen LogP contribution in [0.2, 0.25) is 0 Å². The molecule has 0 spiro atoms. The lowest BCUT2D eigenvalue weighted by atomic mass is 10.0. The van der Waals surface area contributed by atoms with Gasteiger partial charge in [0.25, 0.3) is 0 Å². The summed E-state index contributed by atoms with van der Waals surface area (Å²) in [5, 5.41) is 8.40. The summed E-state index contributed by atoms with van der Waals surface area (Å²) in [6, 6.07) is 1.87. The third kappa shape index (κ3) is 3.18. The van der Waals surface area contributed by atoms with Gasteiger partial charge in [-0.15, -0.1) is 0 Å². The second-order valence-electron chi connectivity index (χ2n) is 5.09. The Bertz CT molecular complexity index is 476. The quantitative estimate of drug-likeness (QED) is 0.447. The lowest BCUT2D eigenvalue weighted by Gasteiger charge is -2.21. The molecule has 2 aliphatic rings. The number of hydrogen-bond acceptors (Lipinski definition) is 6. The molecule has 4 atom stereocenters. The fourth-order valence-electron chi connectivity index (χ4n) is 2.36. The highest BCUT2D eigenvalue weighted by molar-refractivity contribution is 5.63. The molecule has 0 bridgehead atoms. The molecule has 0 aromatic heterocycles. The minimum atomic E-state index is -0.727. The predicted molar refractivity (Wildman–Crippen MR) is 68.5 cm³/mol. The predicted octanol–water partition coefficient (Wildman–Crippen LogP) is 2.07. The maximum absolute atomic E-state index is 11.3. The minimum absolute atomic E-state index is 0.213. The van der Waals surface area contributed by atoms with Crippen molar-refractivity contribution < 1.29 is 23.7 Å². The topological polar surface area (TPSA) is 77.8 Å². The average Bonchev–Trinajstić information content (AvgIpc) is 2.84. The van der Waals surface area contributed by atoms with Gasteiger partial charge < -0.3 is 18.9 Å². The van der Waals surface area contributed by atoms with Gasteiger partial charge in [-0.25, -0.2) is 4.79 Å². The van der Waals surface area contributed by atoms with E-state index in [9.17, 15) is 4.79 Å². The van der Waals surface area contributed by atoms with Crippen molar-refractivity contribution in [2.75, 3.05) is 0 Å². The lowest BCUT2D eigenvalue weighted by molar-refractivity contribution is -0.153. The smallest absolute Gasteiger partial charge is 0.424 e. The first-order chi connectivity index (χ1) is 9.43. The first-order valence-electron chi connectivity index (χ1n) is 6.39. The lowest BCUT2D eigenvalue weighted by Crippen LogP contribution is -2.40. The maximum Gasteiger partial charge on any atom is 0.509 e. The van der Waals surface area contributed by atoms with Gasteiger partial charge in [0.15, 0.2) is 18.0 Å². The van der Waals surface area contributed by atoms with Gasteiger partial charge in [-0.3, -0.25) is 0 Å². The zero-order valence-corrected chi connectivity index (χ0v) is 11.6. The summed E-state index contributed by atoms with van der Waals surface area (Å²) in [5.74, 6) is -0.714. The molecule has 6 heteroatoms. The molecule has 6 nitrogen and oxygen atoms in total. The summed E-state index contributed by atoms with van der Waals surface area (Å²) in [6.45, 7) is 5.48. The van der Waals surface area contributed by atoms with Crippen LogP contribution in [-0.4, -0.2) is 36.4 Å². The number of nitriles is 1. The van der Waals surface area contributed by atoms with Crippen molar-refractivity contribution in [1.82, 2.24) is 0 Å². The van der Waals surface area contributed by atoms with Crippen LogP contribution in [0.3, 0.4) is 0 Å². The van der Waals surface area contributed by atoms with E-state index in [1.807, 2.05) is 26.8 Å². The molecule has 0 aromatic carbocycles. The van der Waals surface area contributed by atoms with Crippen molar-refractivity contribution in [3.63, 3.8) is 0 Å². The Morgan fingerprint density at radius 1 is 1.20 bits per heavy atom. The maximum atomic E-state index is 11.3. The molecule has 0 amide bonds. The van der Waals surface area contributed by atoms with Crippen molar-refractivity contribution in [3.05, 3.63) is 24.3 Å². The van der Waals surface area contributed by atoms with Crippen molar-refractivity contribution in [2.24, 2.45) is 0 Å². The number of allylic oxidation sites excluding steroid dienone is 3. The molecule has 108 valence electrons. The van der Waals surface area contributed by atoms with Gasteiger partial charge in [-0.05, 0) is 26.8 Å². The van der Waals surface area contributed by atoms with Crippen LogP contribution in [0.1, 0.15) is 20.8 Å². The van der Waals surface area contributed by atoms with Crippen LogP contribution in [0.15, 0.2) is 24.3 Å². The average molecular weight is 279 g/mol. The van der Waals surface area contributed by atoms with Gasteiger partial charge in [0.2, 0.25) is 0 Å². The highest BCUT2D eigenvalue weighted by atomic mass is 16.8. The van der Waals surface area contributed by atoms with Crippen LogP contribution in [0.5, 0.6) is 0 Å². The number of carbonyl (C=O) groups is 1. The second kappa shape index (κ2) is 5.65. The molecular weight excluding hydrogens is 262 g/mol. The van der Waals surface area contributed by atoms with Crippen LogP contribution in [0.25, 0.3) is 0 Å². The fraction of sp³-hybridized carbons (Fsp3) is 0.571. The van der Waals surface area contributed by atoms with E-state index in [2.05, 4.69) is 0 Å². The standard InChI is InChI=1S/C14H17NO5/c1-9-11(20-14(2,3)19-9)12-10(17-13(16)18-12)7-5-4-6-8-15/h4-7,9-12H,1-3H3/b6-4+,7-5+/t9-,10+,11-,12+/m1/s1. The van der Waals surface area contributed by atoms with Gasteiger partial charge in [0.05, 0.1) is 12.2 Å². The summed E-state index contributed by atoms with van der Waals surface area (Å²) in [4.78, 5) is 11.3. The Labute approximate surface area is 117 Å². The van der Waals surface area contributed by atoms with E-state index in [-0.39, 0.29) is 6.10 Å².